The fourth-order valence-corrected chi connectivity index (χ4v) is 2.28. The molecule has 0 aliphatic heterocycles. The fraction of sp³-hybridized carbons (Fsp3) is 0.556. The number of hydrogen-bond donors (Lipinski definition) is 2. The van der Waals surface area contributed by atoms with Crippen molar-refractivity contribution in [3.63, 3.8) is 0 Å². The van der Waals surface area contributed by atoms with Gasteiger partial charge >= 0.3 is 0 Å². The van der Waals surface area contributed by atoms with Crippen LogP contribution in [0.1, 0.15) is 24.8 Å². The Morgan fingerprint density at radius 2 is 2.36 bits per heavy atom. The quantitative estimate of drug-likeness (QED) is 0.607. The standard InChI is InChI=1S/C9H15ClN2OS/c1-6(2)13-5-8(12-11)9-7(10)3-4-14-9/h3-4,6,8,12H,5,11H2,1-2H3. The van der Waals surface area contributed by atoms with E-state index >= 15 is 0 Å². The molecule has 0 saturated heterocycles. The predicted octanol–water partition coefficient (Wildman–Crippen LogP) is 2.33. The number of halogens is 1. The highest BCUT2D eigenvalue weighted by Crippen LogP contribution is 2.28. The third-order valence-corrected chi connectivity index (χ3v) is 3.23. The largest absolute Gasteiger partial charge is 0.377 e. The van der Waals surface area contributed by atoms with Gasteiger partial charge in [0, 0.05) is 4.88 Å². The summed E-state index contributed by atoms with van der Waals surface area (Å²) in [5, 5.41) is 2.68. The highest BCUT2D eigenvalue weighted by atomic mass is 35.5. The molecule has 1 atom stereocenters. The van der Waals surface area contributed by atoms with Gasteiger partial charge in [-0.25, -0.2) is 5.43 Å². The van der Waals surface area contributed by atoms with E-state index in [-0.39, 0.29) is 12.1 Å². The number of nitrogens with one attached hydrogen (secondary N) is 1. The summed E-state index contributed by atoms with van der Waals surface area (Å²) in [4.78, 5) is 1.02. The van der Waals surface area contributed by atoms with Crippen LogP contribution in [0, 0.1) is 0 Å². The summed E-state index contributed by atoms with van der Waals surface area (Å²) in [7, 11) is 0. The summed E-state index contributed by atoms with van der Waals surface area (Å²) in [6.07, 6.45) is 0.199. The van der Waals surface area contributed by atoms with Crippen LogP contribution in [-0.4, -0.2) is 12.7 Å². The van der Waals surface area contributed by atoms with Crippen molar-refractivity contribution in [2.45, 2.75) is 26.0 Å². The number of ether oxygens (including phenoxy) is 1. The maximum atomic E-state index is 5.99. The van der Waals surface area contributed by atoms with Gasteiger partial charge < -0.3 is 4.74 Å². The normalized spacial score (nSPS) is 13.5. The van der Waals surface area contributed by atoms with E-state index < -0.39 is 0 Å². The van der Waals surface area contributed by atoms with E-state index in [9.17, 15) is 0 Å². The van der Waals surface area contributed by atoms with Gasteiger partial charge in [0.2, 0.25) is 0 Å². The molecule has 0 bridgehead atoms. The molecule has 0 spiro atoms. The number of nitrogens with two attached hydrogens (primary N) is 1. The summed E-state index contributed by atoms with van der Waals surface area (Å²) in [5.41, 5.74) is 2.70. The molecule has 0 fully saturated rings. The summed E-state index contributed by atoms with van der Waals surface area (Å²) in [6.45, 7) is 4.52. The summed E-state index contributed by atoms with van der Waals surface area (Å²) in [6, 6.07) is 1.84. The SMILES string of the molecule is CC(C)OCC(NN)c1sccc1Cl. The molecule has 14 heavy (non-hydrogen) atoms. The Morgan fingerprint density at radius 3 is 2.79 bits per heavy atom. The van der Waals surface area contributed by atoms with Crippen LogP contribution in [-0.2, 0) is 4.74 Å². The van der Waals surface area contributed by atoms with E-state index in [1.165, 1.54) is 0 Å². The van der Waals surface area contributed by atoms with E-state index in [0.29, 0.717) is 6.61 Å². The molecule has 3 N–H and O–H groups in total. The van der Waals surface area contributed by atoms with Crippen molar-refractivity contribution in [3.05, 3.63) is 21.3 Å². The van der Waals surface area contributed by atoms with Crippen LogP contribution in [0.4, 0.5) is 0 Å². The van der Waals surface area contributed by atoms with Gasteiger partial charge in [-0.05, 0) is 25.3 Å². The summed E-state index contributed by atoms with van der Waals surface area (Å²) in [5.74, 6) is 5.44. The molecule has 0 aliphatic rings. The lowest BCUT2D eigenvalue weighted by atomic mass is 10.2. The number of rotatable bonds is 5. The van der Waals surface area contributed by atoms with Crippen molar-refractivity contribution in [2.75, 3.05) is 6.61 Å². The van der Waals surface area contributed by atoms with Crippen molar-refractivity contribution in [1.82, 2.24) is 5.43 Å². The first kappa shape index (κ1) is 11.9. The van der Waals surface area contributed by atoms with Crippen molar-refractivity contribution < 1.29 is 4.74 Å². The van der Waals surface area contributed by atoms with E-state index in [1.54, 1.807) is 11.3 Å². The summed E-state index contributed by atoms with van der Waals surface area (Å²) < 4.78 is 5.48. The van der Waals surface area contributed by atoms with E-state index in [0.717, 1.165) is 9.90 Å². The fourth-order valence-electron chi connectivity index (χ4n) is 1.04. The average molecular weight is 235 g/mol. The maximum Gasteiger partial charge on any atom is 0.0801 e. The third-order valence-electron chi connectivity index (χ3n) is 1.76. The molecule has 0 aliphatic carbocycles. The van der Waals surface area contributed by atoms with Crippen LogP contribution in [0.15, 0.2) is 11.4 Å². The van der Waals surface area contributed by atoms with Crippen LogP contribution >= 0.6 is 22.9 Å². The Kier molecular flexibility index (Phi) is 4.84. The number of hydrazine groups is 1. The Bertz CT molecular complexity index is 278. The Labute approximate surface area is 93.2 Å². The van der Waals surface area contributed by atoms with Crippen LogP contribution < -0.4 is 11.3 Å². The Morgan fingerprint density at radius 1 is 1.64 bits per heavy atom. The first-order valence-corrected chi connectivity index (χ1v) is 5.71. The van der Waals surface area contributed by atoms with Crippen molar-refractivity contribution in [3.8, 4) is 0 Å². The van der Waals surface area contributed by atoms with Gasteiger partial charge in [0.1, 0.15) is 0 Å². The zero-order valence-corrected chi connectivity index (χ0v) is 9.86. The first-order chi connectivity index (χ1) is 6.65. The molecule has 1 aromatic heterocycles. The molecule has 1 aromatic rings. The molecular formula is C9H15ClN2OS. The van der Waals surface area contributed by atoms with E-state index in [2.05, 4.69) is 5.43 Å². The van der Waals surface area contributed by atoms with Crippen LogP contribution in [0.25, 0.3) is 0 Å². The highest BCUT2D eigenvalue weighted by molar-refractivity contribution is 7.10. The minimum Gasteiger partial charge on any atom is -0.377 e. The maximum absolute atomic E-state index is 5.99. The van der Waals surface area contributed by atoms with Crippen LogP contribution in [0.3, 0.4) is 0 Å². The average Bonchev–Trinajstić information content (AvgIpc) is 2.53. The second-order valence-electron chi connectivity index (χ2n) is 3.23. The molecule has 0 saturated carbocycles. The zero-order valence-electron chi connectivity index (χ0n) is 8.29. The van der Waals surface area contributed by atoms with Crippen molar-refractivity contribution >= 4 is 22.9 Å². The lowest BCUT2D eigenvalue weighted by Gasteiger charge is -2.16. The van der Waals surface area contributed by atoms with Crippen LogP contribution in [0.2, 0.25) is 5.02 Å². The molecule has 1 heterocycles. The monoisotopic (exact) mass is 234 g/mol. The minimum absolute atomic E-state index is 0.0232. The zero-order chi connectivity index (χ0) is 10.6. The highest BCUT2D eigenvalue weighted by Gasteiger charge is 2.15. The first-order valence-electron chi connectivity index (χ1n) is 4.45. The molecule has 80 valence electrons. The predicted molar refractivity (Wildman–Crippen MR) is 60.5 cm³/mol. The van der Waals surface area contributed by atoms with Gasteiger partial charge in [-0.3, -0.25) is 5.84 Å². The topological polar surface area (TPSA) is 47.3 Å². The van der Waals surface area contributed by atoms with Crippen molar-refractivity contribution in [1.29, 1.82) is 0 Å². The molecule has 1 rings (SSSR count). The lowest BCUT2D eigenvalue weighted by Crippen LogP contribution is -2.31. The van der Waals surface area contributed by atoms with Crippen molar-refractivity contribution in [2.24, 2.45) is 5.84 Å². The van der Waals surface area contributed by atoms with Gasteiger partial charge in [-0.15, -0.1) is 11.3 Å². The number of thiophene rings is 1. The van der Waals surface area contributed by atoms with Gasteiger partial charge in [0.05, 0.1) is 23.8 Å². The molecular weight excluding hydrogens is 220 g/mol. The summed E-state index contributed by atoms with van der Waals surface area (Å²) >= 11 is 7.57. The molecule has 5 heteroatoms. The minimum atomic E-state index is -0.0232. The smallest absolute Gasteiger partial charge is 0.0801 e. The van der Waals surface area contributed by atoms with Gasteiger partial charge in [-0.2, -0.15) is 0 Å². The molecule has 3 nitrogen and oxygen atoms in total. The van der Waals surface area contributed by atoms with Crippen LogP contribution in [0.5, 0.6) is 0 Å². The molecule has 0 radical (unpaired) electrons. The second kappa shape index (κ2) is 5.68. The number of hydrogen-bond acceptors (Lipinski definition) is 4. The van der Waals surface area contributed by atoms with Gasteiger partial charge in [-0.1, -0.05) is 11.6 Å². The second-order valence-corrected chi connectivity index (χ2v) is 4.59. The van der Waals surface area contributed by atoms with Gasteiger partial charge in [0.25, 0.3) is 0 Å². The van der Waals surface area contributed by atoms with E-state index in [1.807, 2.05) is 25.3 Å². The molecule has 0 aromatic carbocycles. The van der Waals surface area contributed by atoms with Gasteiger partial charge in [0.15, 0.2) is 0 Å². The molecule has 0 amide bonds. The Balaban J connectivity index is 2.58. The lowest BCUT2D eigenvalue weighted by molar-refractivity contribution is 0.0618. The third kappa shape index (κ3) is 3.22. The Hall–Kier alpha value is -0.130. The molecule has 1 unspecified atom stereocenters. The van der Waals surface area contributed by atoms with E-state index in [4.69, 9.17) is 22.2 Å².